The van der Waals surface area contributed by atoms with E-state index >= 15 is 0 Å². The summed E-state index contributed by atoms with van der Waals surface area (Å²) in [6, 6.07) is 16.3. The fourth-order valence-corrected chi connectivity index (χ4v) is 4.28. The predicted octanol–water partition coefficient (Wildman–Crippen LogP) is 5.41. The molecule has 7 nitrogen and oxygen atoms in total. The average Bonchev–Trinajstić information content (AvgIpc) is 2.78. The van der Waals surface area contributed by atoms with Crippen LogP contribution in [0.1, 0.15) is 64.9 Å². The molecule has 0 atom stereocenters. The van der Waals surface area contributed by atoms with Crippen LogP contribution >= 0.6 is 0 Å². The minimum absolute atomic E-state index is 0.233. The van der Waals surface area contributed by atoms with Crippen LogP contribution in [-0.4, -0.2) is 33.2 Å². The van der Waals surface area contributed by atoms with Gasteiger partial charge in [-0.05, 0) is 63.4 Å². The first-order chi connectivity index (χ1) is 16.2. The molecule has 1 amide bonds. The summed E-state index contributed by atoms with van der Waals surface area (Å²) in [6.07, 6.45) is 5.35. The van der Waals surface area contributed by atoms with Gasteiger partial charge in [0.2, 0.25) is 10.0 Å². The van der Waals surface area contributed by atoms with Gasteiger partial charge in [-0.2, -0.15) is 0 Å². The monoisotopic (exact) mass is 490 g/mol. The smallest absolute Gasteiger partial charge is 0.407 e. The average molecular weight is 491 g/mol. The van der Waals surface area contributed by atoms with Crippen LogP contribution in [0.5, 0.6) is 5.75 Å². The number of hydrogen-bond donors (Lipinski definition) is 2. The quantitative estimate of drug-likeness (QED) is 0.345. The molecule has 2 rings (SSSR count). The third-order valence-corrected chi connectivity index (χ3v) is 6.42. The minimum Gasteiger partial charge on any atom is -0.489 e. The summed E-state index contributed by atoms with van der Waals surface area (Å²) >= 11 is 0. The van der Waals surface area contributed by atoms with Gasteiger partial charge in [-0.1, -0.05) is 56.0 Å². The van der Waals surface area contributed by atoms with E-state index in [2.05, 4.69) is 10.0 Å². The number of hydrogen-bond acceptors (Lipinski definition) is 5. The van der Waals surface area contributed by atoms with Crippen LogP contribution in [0.25, 0.3) is 0 Å². The molecule has 0 fully saturated rings. The molecule has 0 bridgehead atoms. The van der Waals surface area contributed by atoms with Crippen LogP contribution in [-0.2, 0) is 21.4 Å². The van der Waals surface area contributed by atoms with Gasteiger partial charge in [0.25, 0.3) is 0 Å². The Morgan fingerprint density at radius 2 is 1.41 bits per heavy atom. The number of amides is 1. The van der Waals surface area contributed by atoms with Crippen molar-refractivity contribution in [1.29, 1.82) is 0 Å². The summed E-state index contributed by atoms with van der Waals surface area (Å²) < 4.78 is 38.5. The van der Waals surface area contributed by atoms with Gasteiger partial charge in [0.05, 0.1) is 4.90 Å². The van der Waals surface area contributed by atoms with Crippen molar-refractivity contribution in [3.63, 3.8) is 0 Å². The van der Waals surface area contributed by atoms with Crippen molar-refractivity contribution in [3.8, 4) is 5.75 Å². The first kappa shape index (κ1) is 27.7. The number of carbonyl (C=O) groups excluding carboxylic acids is 1. The Labute approximate surface area is 204 Å². The van der Waals surface area contributed by atoms with Gasteiger partial charge >= 0.3 is 6.09 Å². The molecule has 0 radical (unpaired) electrons. The molecule has 8 heteroatoms. The van der Waals surface area contributed by atoms with E-state index in [9.17, 15) is 13.2 Å². The number of alkyl carbamates (subject to hydrolysis) is 1. The topological polar surface area (TPSA) is 93.7 Å². The second-order valence-electron chi connectivity index (χ2n) is 9.19. The van der Waals surface area contributed by atoms with E-state index in [1.54, 1.807) is 24.3 Å². The molecule has 0 spiro atoms. The van der Waals surface area contributed by atoms with Crippen molar-refractivity contribution in [2.75, 3.05) is 13.1 Å². The second-order valence-corrected chi connectivity index (χ2v) is 11.0. The molecule has 0 saturated heterocycles. The van der Waals surface area contributed by atoms with Crippen molar-refractivity contribution in [2.24, 2.45) is 0 Å². The molecular weight excluding hydrogens is 452 g/mol. The molecule has 2 N–H and O–H groups in total. The zero-order valence-corrected chi connectivity index (χ0v) is 21.3. The Kier molecular flexibility index (Phi) is 11.4. The van der Waals surface area contributed by atoms with Crippen LogP contribution in [0.4, 0.5) is 4.79 Å². The molecule has 0 aliphatic heterocycles. The van der Waals surface area contributed by atoms with Crippen LogP contribution < -0.4 is 14.8 Å². The zero-order valence-electron chi connectivity index (χ0n) is 20.5. The maximum absolute atomic E-state index is 12.5. The highest BCUT2D eigenvalue weighted by atomic mass is 32.2. The number of ether oxygens (including phenoxy) is 2. The molecular formula is C26H38N2O5S. The normalized spacial score (nSPS) is 11.7. The Hall–Kier alpha value is -2.58. The van der Waals surface area contributed by atoms with Gasteiger partial charge in [-0.15, -0.1) is 0 Å². The fourth-order valence-electron chi connectivity index (χ4n) is 3.21. The molecule has 0 saturated carbocycles. The zero-order chi connectivity index (χ0) is 24.9. The van der Waals surface area contributed by atoms with Crippen LogP contribution in [0.3, 0.4) is 0 Å². The number of nitrogens with one attached hydrogen (secondary N) is 2. The maximum atomic E-state index is 12.5. The third-order valence-electron chi connectivity index (χ3n) is 4.95. The van der Waals surface area contributed by atoms with Gasteiger partial charge in [-0.25, -0.2) is 17.9 Å². The van der Waals surface area contributed by atoms with Crippen molar-refractivity contribution in [3.05, 3.63) is 60.2 Å². The highest BCUT2D eigenvalue weighted by Gasteiger charge is 2.15. The van der Waals surface area contributed by atoms with Gasteiger partial charge in [0.1, 0.15) is 18.0 Å². The molecule has 188 valence electrons. The first-order valence-electron chi connectivity index (χ1n) is 11.9. The lowest BCUT2D eigenvalue weighted by atomic mass is 10.1. The molecule has 34 heavy (non-hydrogen) atoms. The Morgan fingerprint density at radius 3 is 2.03 bits per heavy atom. The van der Waals surface area contributed by atoms with Gasteiger partial charge in [-0.3, -0.25) is 0 Å². The van der Waals surface area contributed by atoms with Gasteiger partial charge in [0, 0.05) is 13.1 Å². The van der Waals surface area contributed by atoms with Gasteiger partial charge in [0.15, 0.2) is 0 Å². The van der Waals surface area contributed by atoms with Crippen LogP contribution in [0.15, 0.2) is 59.5 Å². The van der Waals surface area contributed by atoms with E-state index in [0.29, 0.717) is 25.4 Å². The van der Waals surface area contributed by atoms with E-state index < -0.39 is 15.6 Å². The second kappa shape index (κ2) is 14.0. The van der Waals surface area contributed by atoms with Crippen molar-refractivity contribution in [1.82, 2.24) is 10.0 Å². The lowest BCUT2D eigenvalue weighted by Crippen LogP contribution is -2.32. The van der Waals surface area contributed by atoms with E-state index in [1.807, 2.05) is 51.1 Å². The molecule has 0 aliphatic rings. The molecule has 2 aromatic carbocycles. The first-order valence-corrected chi connectivity index (χ1v) is 13.4. The Morgan fingerprint density at radius 1 is 0.824 bits per heavy atom. The lowest BCUT2D eigenvalue weighted by molar-refractivity contribution is 0.0527. The summed E-state index contributed by atoms with van der Waals surface area (Å²) in [7, 11) is -3.53. The van der Waals surface area contributed by atoms with Crippen LogP contribution in [0, 0.1) is 0 Å². The lowest BCUT2D eigenvalue weighted by Gasteiger charge is -2.19. The SMILES string of the molecule is CC(C)(C)OC(=O)NCCCCCCCCNS(=O)(=O)c1ccc(OCc2ccccc2)cc1. The standard InChI is InChI=1S/C26H38N2O5S/c1-26(2,3)33-25(29)27-19-11-6-4-5-7-12-20-28-34(30,31)24-17-15-23(16-18-24)32-21-22-13-9-8-10-14-22/h8-10,13-18,28H,4-7,11-12,19-21H2,1-3H3,(H,27,29). The molecule has 2 aromatic rings. The summed E-state index contributed by atoms with van der Waals surface area (Å²) in [6.45, 7) is 6.97. The van der Waals surface area contributed by atoms with E-state index in [4.69, 9.17) is 9.47 Å². The summed E-state index contributed by atoms with van der Waals surface area (Å²) in [5.74, 6) is 0.629. The third kappa shape index (κ3) is 11.5. The number of unbranched alkanes of at least 4 members (excludes halogenated alkanes) is 5. The molecule has 0 heterocycles. The highest BCUT2D eigenvalue weighted by molar-refractivity contribution is 7.89. The highest BCUT2D eigenvalue weighted by Crippen LogP contribution is 2.17. The summed E-state index contributed by atoms with van der Waals surface area (Å²) in [5.41, 5.74) is 0.574. The minimum atomic E-state index is -3.53. The van der Waals surface area contributed by atoms with Crippen molar-refractivity contribution < 1.29 is 22.7 Å². The number of rotatable bonds is 14. The maximum Gasteiger partial charge on any atom is 0.407 e. The number of benzene rings is 2. The van der Waals surface area contributed by atoms with E-state index in [1.165, 1.54) is 0 Å². The Bertz CT molecular complexity index is 955. The molecule has 0 unspecified atom stereocenters. The molecule has 0 aromatic heterocycles. The van der Waals surface area contributed by atoms with Crippen molar-refractivity contribution in [2.45, 2.75) is 76.4 Å². The summed E-state index contributed by atoms with van der Waals surface area (Å²) in [5, 5.41) is 2.75. The van der Waals surface area contributed by atoms with Crippen molar-refractivity contribution >= 4 is 16.1 Å². The number of carbonyl (C=O) groups is 1. The fraction of sp³-hybridized carbons (Fsp3) is 0.500. The Balaban J connectivity index is 1.55. The predicted molar refractivity (Wildman–Crippen MR) is 134 cm³/mol. The summed E-state index contributed by atoms with van der Waals surface area (Å²) in [4.78, 5) is 11.8. The van der Waals surface area contributed by atoms with Gasteiger partial charge < -0.3 is 14.8 Å². The van der Waals surface area contributed by atoms with Crippen LogP contribution in [0.2, 0.25) is 0 Å². The van der Waals surface area contributed by atoms with E-state index in [-0.39, 0.29) is 11.0 Å². The largest absolute Gasteiger partial charge is 0.489 e. The molecule has 0 aliphatic carbocycles. The number of sulfonamides is 1. The van der Waals surface area contributed by atoms with E-state index in [0.717, 1.165) is 44.1 Å².